The van der Waals surface area contributed by atoms with E-state index in [4.69, 9.17) is 10.2 Å². The largest absolute Gasteiger partial charge is 0.550 e. The third-order valence-electron chi connectivity index (χ3n) is 1.93. The van der Waals surface area contributed by atoms with Gasteiger partial charge in [-0.15, -0.1) is 0 Å². The summed E-state index contributed by atoms with van der Waals surface area (Å²) in [6.07, 6.45) is -1.09. The molecular weight excluding hydrogens is 236 g/mol. The number of hydrogen-bond acceptors (Lipinski definition) is 4. The number of rotatable bonds is 6. The van der Waals surface area contributed by atoms with Crippen LogP contribution in [0, 0.1) is 0 Å². The third-order valence-corrected chi connectivity index (χ3v) is 1.93. The summed E-state index contributed by atoms with van der Waals surface area (Å²) in [6.45, 7) is 1.54. The van der Waals surface area contributed by atoms with Gasteiger partial charge in [-0.1, -0.05) is 0 Å². The van der Waals surface area contributed by atoms with E-state index in [1.165, 1.54) is 0 Å². The van der Waals surface area contributed by atoms with Gasteiger partial charge in [-0.3, -0.25) is 0 Å². The van der Waals surface area contributed by atoms with E-state index in [2.05, 4.69) is 21.1 Å². The molecule has 0 aliphatic heterocycles. The number of nitrogens with zero attached hydrogens (tertiary/aromatic N) is 2. The Bertz CT molecular complexity index is 231. The number of quaternary nitrogens is 2. The minimum absolute atomic E-state index is 0.281. The molecule has 2 N–H and O–H groups in total. The summed E-state index contributed by atoms with van der Waals surface area (Å²) in [5.74, 6) is -1.20. The maximum absolute atomic E-state index is 10.0. The van der Waals surface area contributed by atoms with Gasteiger partial charge >= 0.3 is 0 Å². The van der Waals surface area contributed by atoms with Crippen molar-refractivity contribution in [3.05, 3.63) is 0 Å². The number of carbonyl (C=O) groups excluding carboxylic acids is 1. The molecule has 0 fully saturated rings. The molecule has 0 aromatic heterocycles. The lowest BCUT2D eigenvalue weighted by Crippen LogP contribution is -2.43. The van der Waals surface area contributed by atoms with Crippen LogP contribution in [-0.4, -0.2) is 93.2 Å². The molecule has 0 rings (SSSR count). The SMILES string of the molecule is C[N+](C)(C)CC(O)CC(=O)[O-].C[N+](C)(C)CCO. The van der Waals surface area contributed by atoms with Gasteiger partial charge in [0.1, 0.15) is 19.2 Å². The van der Waals surface area contributed by atoms with Crippen LogP contribution in [0.2, 0.25) is 0 Å². The van der Waals surface area contributed by atoms with E-state index in [0.29, 0.717) is 11.0 Å². The van der Waals surface area contributed by atoms with Gasteiger partial charge in [0.2, 0.25) is 0 Å². The minimum Gasteiger partial charge on any atom is -0.550 e. The number of carboxylic acids is 1. The summed E-state index contributed by atoms with van der Waals surface area (Å²) in [6, 6.07) is 0. The van der Waals surface area contributed by atoms with Crippen LogP contribution in [0.25, 0.3) is 0 Å². The quantitative estimate of drug-likeness (QED) is 0.538. The van der Waals surface area contributed by atoms with E-state index in [-0.39, 0.29) is 13.0 Å². The molecule has 0 saturated heterocycles. The Hall–Kier alpha value is -0.690. The predicted octanol–water partition coefficient (Wildman–Crippen LogP) is -2.12. The van der Waals surface area contributed by atoms with Crippen LogP contribution in [0.1, 0.15) is 6.42 Å². The Morgan fingerprint density at radius 3 is 1.72 bits per heavy atom. The van der Waals surface area contributed by atoms with E-state index in [1.54, 1.807) is 0 Å². The molecule has 0 aliphatic carbocycles. The second-order valence-corrected chi connectivity index (χ2v) is 6.44. The summed E-state index contributed by atoms with van der Waals surface area (Å²) in [5.41, 5.74) is 0. The van der Waals surface area contributed by atoms with Gasteiger partial charge < -0.3 is 29.1 Å². The van der Waals surface area contributed by atoms with Gasteiger partial charge in [0, 0.05) is 12.4 Å². The molecule has 6 heteroatoms. The second-order valence-electron chi connectivity index (χ2n) is 6.44. The van der Waals surface area contributed by atoms with Gasteiger partial charge in [-0.05, 0) is 0 Å². The van der Waals surface area contributed by atoms with Crippen molar-refractivity contribution in [1.82, 2.24) is 0 Å². The number of aliphatic hydroxyl groups excluding tert-OH is 2. The first-order chi connectivity index (χ1) is 7.87. The summed E-state index contributed by atoms with van der Waals surface area (Å²) in [5, 5.41) is 27.5. The van der Waals surface area contributed by atoms with Crippen molar-refractivity contribution in [2.45, 2.75) is 12.5 Å². The third kappa shape index (κ3) is 20.7. The smallest absolute Gasteiger partial charge is 0.108 e. The maximum Gasteiger partial charge on any atom is 0.108 e. The molecule has 0 aromatic rings. The molecule has 0 aliphatic rings. The van der Waals surface area contributed by atoms with E-state index in [0.717, 1.165) is 11.0 Å². The van der Waals surface area contributed by atoms with Crippen LogP contribution in [-0.2, 0) is 4.79 Å². The molecule has 0 saturated carbocycles. The Labute approximate surface area is 110 Å². The van der Waals surface area contributed by atoms with Crippen LogP contribution in [0.4, 0.5) is 0 Å². The average molecular weight is 265 g/mol. The Morgan fingerprint density at radius 2 is 1.56 bits per heavy atom. The number of carbonyl (C=O) groups is 1. The summed E-state index contributed by atoms with van der Waals surface area (Å²) < 4.78 is 1.39. The highest BCUT2D eigenvalue weighted by atomic mass is 16.4. The fourth-order valence-corrected chi connectivity index (χ4v) is 1.19. The van der Waals surface area contributed by atoms with Gasteiger partial charge in [0.25, 0.3) is 0 Å². The van der Waals surface area contributed by atoms with Crippen LogP contribution in [0.5, 0.6) is 0 Å². The first kappa shape index (κ1) is 19.6. The molecule has 6 nitrogen and oxygen atoms in total. The summed E-state index contributed by atoms with van der Waals surface area (Å²) >= 11 is 0. The first-order valence-electron chi connectivity index (χ1n) is 5.97. The monoisotopic (exact) mass is 265 g/mol. The first-order valence-corrected chi connectivity index (χ1v) is 5.97. The number of hydrogen-bond donors (Lipinski definition) is 2. The summed E-state index contributed by atoms with van der Waals surface area (Å²) in [7, 11) is 11.8. The molecule has 0 aromatic carbocycles. The highest BCUT2D eigenvalue weighted by molar-refractivity contribution is 5.64. The molecular formula is C12H29N2O4+. The highest BCUT2D eigenvalue weighted by Crippen LogP contribution is 1.97. The Kier molecular flexibility index (Phi) is 9.19. The minimum atomic E-state index is -1.20. The van der Waals surface area contributed by atoms with Gasteiger partial charge in [0.15, 0.2) is 0 Å². The number of aliphatic carboxylic acids is 1. The van der Waals surface area contributed by atoms with Crippen molar-refractivity contribution >= 4 is 5.97 Å². The Morgan fingerprint density at radius 1 is 1.11 bits per heavy atom. The molecule has 0 radical (unpaired) electrons. The van der Waals surface area contributed by atoms with Crippen LogP contribution < -0.4 is 5.11 Å². The lowest BCUT2D eigenvalue weighted by molar-refractivity contribution is -0.873. The lowest BCUT2D eigenvalue weighted by Gasteiger charge is -2.26. The van der Waals surface area contributed by atoms with Crippen LogP contribution >= 0.6 is 0 Å². The zero-order valence-corrected chi connectivity index (χ0v) is 12.5. The van der Waals surface area contributed by atoms with E-state index >= 15 is 0 Å². The molecule has 18 heavy (non-hydrogen) atoms. The lowest BCUT2D eigenvalue weighted by atomic mass is 10.2. The molecule has 1 unspecified atom stereocenters. The van der Waals surface area contributed by atoms with Crippen molar-refractivity contribution < 1.29 is 29.1 Å². The fourth-order valence-electron chi connectivity index (χ4n) is 1.19. The molecule has 0 bridgehead atoms. The molecule has 0 amide bonds. The van der Waals surface area contributed by atoms with Crippen LogP contribution in [0.3, 0.4) is 0 Å². The summed E-state index contributed by atoms with van der Waals surface area (Å²) in [4.78, 5) is 10.0. The zero-order chi connectivity index (χ0) is 15.0. The molecule has 0 heterocycles. The molecule has 110 valence electrons. The standard InChI is InChI=1S/C7H15NO3.C5H14NO/c1-8(2,3)5-6(9)4-7(10)11;1-6(2,3)4-5-7/h6,9H,4-5H2,1-3H3;7H,4-5H2,1-3H3/q;+1. The van der Waals surface area contributed by atoms with Crippen molar-refractivity contribution in [3.63, 3.8) is 0 Å². The number of carboxylic acid groups (broad SMARTS) is 1. The number of likely N-dealkylation sites (N-methyl/N-ethyl adjacent to an activating group) is 2. The van der Waals surface area contributed by atoms with Crippen molar-refractivity contribution in [2.75, 3.05) is 62.0 Å². The van der Waals surface area contributed by atoms with Crippen molar-refractivity contribution in [2.24, 2.45) is 0 Å². The van der Waals surface area contributed by atoms with Gasteiger partial charge in [-0.25, -0.2) is 0 Å². The zero-order valence-electron chi connectivity index (χ0n) is 12.5. The van der Waals surface area contributed by atoms with Gasteiger partial charge in [0.05, 0.1) is 48.9 Å². The van der Waals surface area contributed by atoms with E-state index in [1.807, 2.05) is 21.1 Å². The normalized spacial score (nSPS) is 13.6. The molecule has 0 spiro atoms. The maximum atomic E-state index is 10.0. The average Bonchev–Trinajstić information content (AvgIpc) is 1.95. The van der Waals surface area contributed by atoms with Crippen LogP contribution in [0.15, 0.2) is 0 Å². The van der Waals surface area contributed by atoms with Gasteiger partial charge in [-0.2, -0.15) is 0 Å². The topological polar surface area (TPSA) is 80.6 Å². The van der Waals surface area contributed by atoms with Crippen molar-refractivity contribution in [3.8, 4) is 0 Å². The van der Waals surface area contributed by atoms with E-state index in [9.17, 15) is 9.90 Å². The second kappa shape index (κ2) is 8.42. The molecule has 1 atom stereocenters. The highest BCUT2D eigenvalue weighted by Gasteiger charge is 2.14. The fraction of sp³-hybridized carbons (Fsp3) is 0.917. The van der Waals surface area contributed by atoms with E-state index < -0.39 is 12.1 Å². The van der Waals surface area contributed by atoms with Crippen molar-refractivity contribution in [1.29, 1.82) is 0 Å². The Balaban J connectivity index is 0. The number of aliphatic hydroxyl groups is 2. The predicted molar refractivity (Wildman–Crippen MR) is 68.5 cm³/mol.